The van der Waals surface area contributed by atoms with Gasteiger partial charge in [-0.1, -0.05) is 11.2 Å². The molecule has 0 unspecified atom stereocenters. The molecule has 0 aliphatic heterocycles. The Morgan fingerprint density at radius 1 is 1.42 bits per heavy atom. The van der Waals surface area contributed by atoms with Crippen molar-refractivity contribution in [1.82, 2.24) is 14.7 Å². The maximum Gasteiger partial charge on any atom is 0.336 e. The van der Waals surface area contributed by atoms with Crippen molar-refractivity contribution in [3.63, 3.8) is 0 Å². The molecule has 6 nitrogen and oxygen atoms in total. The lowest BCUT2D eigenvalue weighted by atomic mass is 10.1. The normalized spacial score (nSPS) is 11.0. The van der Waals surface area contributed by atoms with E-state index in [0.29, 0.717) is 29.2 Å². The summed E-state index contributed by atoms with van der Waals surface area (Å²) in [5.74, 6) is 0.146. The fourth-order valence-corrected chi connectivity index (χ4v) is 2.11. The number of carbonyl (C=O) groups is 1. The van der Waals surface area contributed by atoms with E-state index in [0.717, 1.165) is 5.52 Å². The summed E-state index contributed by atoms with van der Waals surface area (Å²) in [6, 6.07) is 6.97. The molecule has 0 atom stereocenters. The number of aromatic nitrogens is 3. The van der Waals surface area contributed by atoms with Crippen molar-refractivity contribution in [3.05, 3.63) is 47.7 Å². The third-order valence-corrected chi connectivity index (χ3v) is 2.93. The lowest BCUT2D eigenvalue weighted by Crippen LogP contribution is -2.01. The molecule has 3 rings (SSSR count). The van der Waals surface area contributed by atoms with Crippen LogP contribution in [-0.4, -0.2) is 25.8 Å². The Kier molecular flexibility index (Phi) is 2.56. The predicted molar refractivity (Wildman–Crippen MR) is 67.0 cm³/mol. The van der Waals surface area contributed by atoms with Crippen LogP contribution in [0.5, 0.6) is 0 Å². The summed E-state index contributed by atoms with van der Waals surface area (Å²) in [4.78, 5) is 15.3. The summed E-state index contributed by atoms with van der Waals surface area (Å²) in [5, 5.41) is 13.7. The molecule has 2 heterocycles. The van der Waals surface area contributed by atoms with Crippen LogP contribution in [-0.2, 0) is 6.54 Å². The molecule has 0 aliphatic carbocycles. The molecule has 1 N–H and O–H groups in total. The van der Waals surface area contributed by atoms with Crippen LogP contribution in [0.3, 0.4) is 0 Å². The SMILES string of the molecule is Cc1nc(Cn2ccc3c(C(=O)O)cccc32)no1. The molecule has 0 radical (unpaired) electrons. The molecule has 96 valence electrons. The summed E-state index contributed by atoms with van der Waals surface area (Å²) in [5.41, 5.74) is 1.13. The second kappa shape index (κ2) is 4.24. The van der Waals surface area contributed by atoms with Gasteiger partial charge in [0.1, 0.15) is 0 Å². The van der Waals surface area contributed by atoms with Crippen LogP contribution < -0.4 is 0 Å². The van der Waals surface area contributed by atoms with Gasteiger partial charge in [-0.15, -0.1) is 0 Å². The molecule has 0 spiro atoms. The van der Waals surface area contributed by atoms with Gasteiger partial charge in [0.2, 0.25) is 5.89 Å². The summed E-state index contributed by atoms with van der Waals surface area (Å²) in [6.07, 6.45) is 1.82. The maximum absolute atomic E-state index is 11.1. The number of hydrogen-bond acceptors (Lipinski definition) is 4. The van der Waals surface area contributed by atoms with Crippen molar-refractivity contribution in [1.29, 1.82) is 0 Å². The van der Waals surface area contributed by atoms with Crippen LogP contribution in [0.25, 0.3) is 10.9 Å². The van der Waals surface area contributed by atoms with Gasteiger partial charge in [0.25, 0.3) is 0 Å². The van der Waals surface area contributed by atoms with E-state index in [1.807, 2.05) is 16.8 Å². The second-order valence-electron chi connectivity index (χ2n) is 4.22. The van der Waals surface area contributed by atoms with E-state index in [1.54, 1.807) is 25.1 Å². The third kappa shape index (κ3) is 1.97. The molecular formula is C13H11N3O3. The minimum absolute atomic E-state index is 0.292. The first-order chi connectivity index (χ1) is 9.15. The van der Waals surface area contributed by atoms with Crippen molar-refractivity contribution in [2.75, 3.05) is 0 Å². The molecule has 0 saturated carbocycles. The molecule has 0 saturated heterocycles. The van der Waals surface area contributed by atoms with Gasteiger partial charge in [0.15, 0.2) is 5.82 Å². The fourth-order valence-electron chi connectivity index (χ4n) is 2.11. The zero-order valence-electron chi connectivity index (χ0n) is 10.2. The first kappa shape index (κ1) is 11.5. The number of carboxylic acids is 1. The number of hydrogen-bond donors (Lipinski definition) is 1. The highest BCUT2D eigenvalue weighted by molar-refractivity contribution is 6.02. The molecule has 0 bridgehead atoms. The molecule has 19 heavy (non-hydrogen) atoms. The number of aryl methyl sites for hydroxylation is 1. The van der Waals surface area contributed by atoms with Gasteiger partial charge < -0.3 is 14.2 Å². The Morgan fingerprint density at radius 3 is 2.95 bits per heavy atom. The highest BCUT2D eigenvalue weighted by atomic mass is 16.5. The molecule has 3 aromatic rings. The topological polar surface area (TPSA) is 81.2 Å². The molecule has 6 heteroatoms. The Bertz CT molecular complexity index is 757. The van der Waals surface area contributed by atoms with Gasteiger partial charge in [0.05, 0.1) is 12.1 Å². The van der Waals surface area contributed by atoms with Gasteiger partial charge in [-0.25, -0.2) is 4.79 Å². The monoisotopic (exact) mass is 257 g/mol. The van der Waals surface area contributed by atoms with Gasteiger partial charge >= 0.3 is 5.97 Å². The Morgan fingerprint density at radius 2 is 2.26 bits per heavy atom. The number of rotatable bonds is 3. The summed E-state index contributed by atoms with van der Waals surface area (Å²) in [6.45, 7) is 2.18. The van der Waals surface area contributed by atoms with Crippen LogP contribution in [0.15, 0.2) is 35.0 Å². The molecule has 2 aromatic heterocycles. The van der Waals surface area contributed by atoms with Gasteiger partial charge in [-0.3, -0.25) is 0 Å². The average Bonchev–Trinajstić information content (AvgIpc) is 2.97. The fraction of sp³-hybridized carbons (Fsp3) is 0.154. The number of carboxylic acid groups (broad SMARTS) is 1. The number of benzene rings is 1. The van der Waals surface area contributed by atoms with E-state index in [9.17, 15) is 4.79 Å². The molecule has 0 amide bonds. The average molecular weight is 257 g/mol. The van der Waals surface area contributed by atoms with Crippen LogP contribution in [0.4, 0.5) is 0 Å². The van der Waals surface area contributed by atoms with E-state index in [-0.39, 0.29) is 0 Å². The van der Waals surface area contributed by atoms with Gasteiger partial charge in [-0.2, -0.15) is 4.98 Å². The standard InChI is InChI=1S/C13H11N3O3/c1-8-14-12(15-19-8)7-16-6-5-9-10(13(17)18)3-2-4-11(9)16/h2-6H,7H2,1H3,(H,17,18). The summed E-state index contributed by atoms with van der Waals surface area (Å²) in [7, 11) is 0. The van der Waals surface area contributed by atoms with Crippen molar-refractivity contribution in [2.45, 2.75) is 13.5 Å². The van der Waals surface area contributed by atoms with Crippen LogP contribution in [0, 0.1) is 6.92 Å². The summed E-state index contributed by atoms with van der Waals surface area (Å²) < 4.78 is 6.81. The smallest absolute Gasteiger partial charge is 0.336 e. The molecule has 0 fully saturated rings. The van der Waals surface area contributed by atoms with E-state index >= 15 is 0 Å². The van der Waals surface area contributed by atoms with E-state index in [2.05, 4.69) is 10.1 Å². The van der Waals surface area contributed by atoms with Crippen molar-refractivity contribution in [3.8, 4) is 0 Å². The van der Waals surface area contributed by atoms with Crippen molar-refractivity contribution in [2.24, 2.45) is 0 Å². The highest BCUT2D eigenvalue weighted by Gasteiger charge is 2.12. The first-order valence-electron chi connectivity index (χ1n) is 5.75. The van der Waals surface area contributed by atoms with Crippen molar-refractivity contribution < 1.29 is 14.4 Å². The van der Waals surface area contributed by atoms with Crippen LogP contribution in [0.2, 0.25) is 0 Å². The highest BCUT2D eigenvalue weighted by Crippen LogP contribution is 2.21. The lowest BCUT2D eigenvalue weighted by molar-refractivity contribution is 0.0699. The lowest BCUT2D eigenvalue weighted by Gasteiger charge is -2.02. The Hall–Kier alpha value is -2.63. The zero-order chi connectivity index (χ0) is 13.4. The predicted octanol–water partition coefficient (Wildman–Crippen LogP) is 2.08. The van der Waals surface area contributed by atoms with Gasteiger partial charge in [-0.05, 0) is 18.2 Å². The Balaban J connectivity index is 2.06. The number of aromatic carboxylic acids is 1. The zero-order valence-corrected chi connectivity index (χ0v) is 10.2. The quantitative estimate of drug-likeness (QED) is 0.776. The Labute approximate surface area is 108 Å². The minimum Gasteiger partial charge on any atom is -0.478 e. The van der Waals surface area contributed by atoms with Gasteiger partial charge in [0, 0.05) is 24.0 Å². The maximum atomic E-state index is 11.1. The molecule has 0 aliphatic rings. The van der Waals surface area contributed by atoms with E-state index < -0.39 is 5.97 Å². The largest absolute Gasteiger partial charge is 0.478 e. The molecular weight excluding hydrogens is 246 g/mol. The third-order valence-electron chi connectivity index (χ3n) is 2.93. The number of nitrogens with zero attached hydrogens (tertiary/aromatic N) is 3. The minimum atomic E-state index is -0.932. The van der Waals surface area contributed by atoms with E-state index in [4.69, 9.17) is 9.63 Å². The number of fused-ring (bicyclic) bond motifs is 1. The van der Waals surface area contributed by atoms with Crippen LogP contribution >= 0.6 is 0 Å². The first-order valence-corrected chi connectivity index (χ1v) is 5.75. The van der Waals surface area contributed by atoms with Crippen LogP contribution in [0.1, 0.15) is 22.1 Å². The summed E-state index contributed by atoms with van der Waals surface area (Å²) >= 11 is 0. The second-order valence-corrected chi connectivity index (χ2v) is 4.22. The van der Waals surface area contributed by atoms with Crippen molar-refractivity contribution >= 4 is 16.9 Å². The molecule has 1 aromatic carbocycles. The van der Waals surface area contributed by atoms with E-state index in [1.165, 1.54) is 0 Å².